The predicted molar refractivity (Wildman–Crippen MR) is 92.8 cm³/mol. The van der Waals surface area contributed by atoms with Crippen molar-refractivity contribution in [3.05, 3.63) is 64.2 Å². The molecule has 27 heavy (non-hydrogen) atoms. The minimum atomic E-state index is -2.65. The van der Waals surface area contributed by atoms with Gasteiger partial charge in [0.25, 0.3) is 12.9 Å². The molecule has 148 valence electrons. The second kappa shape index (κ2) is 9.85. The highest BCUT2D eigenvalue weighted by Crippen LogP contribution is 2.26. The van der Waals surface area contributed by atoms with Gasteiger partial charge in [-0.15, -0.1) is 0 Å². The molecule has 3 rings (SSSR count). The zero-order valence-corrected chi connectivity index (χ0v) is 14.8. The zero-order valence-electron chi connectivity index (χ0n) is 14.0. The van der Waals surface area contributed by atoms with E-state index in [-0.39, 0.29) is 16.1 Å². The van der Waals surface area contributed by atoms with Crippen LogP contribution < -0.4 is 10.2 Å². The molecule has 1 aliphatic rings. The lowest BCUT2D eigenvalue weighted by Gasteiger charge is -2.29. The number of alkyl halides is 4. The molecule has 9 heteroatoms. The van der Waals surface area contributed by atoms with Crippen molar-refractivity contribution in [2.45, 2.75) is 12.9 Å². The van der Waals surface area contributed by atoms with Gasteiger partial charge in [0.2, 0.25) is 0 Å². The first-order chi connectivity index (χ1) is 12.8. The Morgan fingerprint density at radius 1 is 0.815 bits per heavy atom. The Labute approximate surface area is 157 Å². The molecule has 0 aliphatic carbocycles. The number of benzene rings is 2. The molecular weight excluding hydrogens is 394 g/mol. The van der Waals surface area contributed by atoms with Crippen molar-refractivity contribution in [2.24, 2.45) is 0 Å². The van der Waals surface area contributed by atoms with Crippen LogP contribution in [0.15, 0.2) is 36.4 Å². The zero-order chi connectivity index (χ0) is 20.0. The molecule has 2 aromatic carbocycles. The van der Waals surface area contributed by atoms with Gasteiger partial charge < -0.3 is 10.2 Å². The Morgan fingerprint density at radius 3 is 1.81 bits per heavy atom. The van der Waals surface area contributed by atoms with E-state index in [9.17, 15) is 26.3 Å². The molecule has 1 N–H and O–H groups in total. The minimum absolute atomic E-state index is 0.144. The van der Waals surface area contributed by atoms with E-state index >= 15 is 0 Å². The van der Waals surface area contributed by atoms with E-state index in [4.69, 9.17) is 11.6 Å². The summed E-state index contributed by atoms with van der Waals surface area (Å²) in [6, 6.07) is 6.57. The van der Waals surface area contributed by atoms with Crippen LogP contribution >= 0.6 is 11.6 Å². The maximum atomic E-state index is 13.6. The first-order valence-electron chi connectivity index (χ1n) is 8.06. The predicted octanol–water partition coefficient (Wildman–Crippen LogP) is 5.59. The number of hydrogen-bond donors (Lipinski definition) is 1. The summed E-state index contributed by atoms with van der Waals surface area (Å²) >= 11 is 5.27. The van der Waals surface area contributed by atoms with Gasteiger partial charge in [-0.05, 0) is 24.3 Å². The van der Waals surface area contributed by atoms with E-state index in [2.05, 4.69) is 5.32 Å². The monoisotopic (exact) mass is 410 g/mol. The molecule has 0 bridgehead atoms. The first-order valence-corrected chi connectivity index (χ1v) is 8.43. The van der Waals surface area contributed by atoms with E-state index in [1.165, 1.54) is 12.1 Å². The van der Waals surface area contributed by atoms with Crippen LogP contribution in [-0.4, -0.2) is 26.2 Å². The van der Waals surface area contributed by atoms with Crippen LogP contribution in [0.3, 0.4) is 0 Å². The van der Waals surface area contributed by atoms with Crippen molar-refractivity contribution >= 4 is 17.3 Å². The molecule has 0 atom stereocenters. The average molecular weight is 411 g/mol. The second-order valence-corrected chi connectivity index (χ2v) is 6.13. The van der Waals surface area contributed by atoms with Crippen LogP contribution in [-0.2, 0) is 0 Å². The van der Waals surface area contributed by atoms with Crippen LogP contribution in [0.5, 0.6) is 0 Å². The van der Waals surface area contributed by atoms with E-state index in [1.807, 2.05) is 4.90 Å². The number of nitrogens with zero attached hydrogens (tertiary/aromatic N) is 1. The van der Waals surface area contributed by atoms with Gasteiger partial charge >= 0.3 is 0 Å². The third kappa shape index (κ3) is 6.04. The third-order valence-corrected chi connectivity index (χ3v) is 4.18. The number of halogens is 7. The molecule has 0 spiro atoms. The van der Waals surface area contributed by atoms with E-state index in [0.29, 0.717) is 18.8 Å². The molecule has 2 aromatic rings. The molecule has 1 aliphatic heterocycles. The molecule has 0 aromatic heterocycles. The van der Waals surface area contributed by atoms with E-state index in [1.54, 1.807) is 0 Å². The molecule has 1 heterocycles. The molecular formula is C18H17ClF6N2. The SMILES string of the molecule is Fc1cc(C(F)F)ccc1Cl.Fc1cc(C(F)F)ccc1N1CCNCC1. The Hall–Kier alpha value is -1.93. The van der Waals surface area contributed by atoms with Crippen LogP contribution in [0.2, 0.25) is 5.02 Å². The van der Waals surface area contributed by atoms with Crippen molar-refractivity contribution < 1.29 is 26.3 Å². The maximum Gasteiger partial charge on any atom is 0.263 e. The van der Waals surface area contributed by atoms with Gasteiger partial charge in [-0.2, -0.15) is 0 Å². The van der Waals surface area contributed by atoms with Crippen LogP contribution in [0.4, 0.5) is 32.0 Å². The van der Waals surface area contributed by atoms with Gasteiger partial charge in [0.1, 0.15) is 11.6 Å². The Morgan fingerprint density at radius 2 is 1.33 bits per heavy atom. The Bertz CT molecular complexity index is 751. The quantitative estimate of drug-likeness (QED) is 0.664. The number of nitrogens with one attached hydrogen (secondary N) is 1. The topological polar surface area (TPSA) is 15.3 Å². The highest BCUT2D eigenvalue weighted by atomic mass is 35.5. The fraction of sp³-hybridized carbons (Fsp3) is 0.333. The number of piperazine rings is 1. The number of hydrogen-bond acceptors (Lipinski definition) is 2. The summed E-state index contributed by atoms with van der Waals surface area (Å²) in [4.78, 5) is 1.86. The summed E-state index contributed by atoms with van der Waals surface area (Å²) in [6.45, 7) is 2.97. The number of rotatable bonds is 3. The fourth-order valence-corrected chi connectivity index (χ4v) is 2.59. The van der Waals surface area contributed by atoms with Crippen LogP contribution in [0, 0.1) is 11.6 Å². The largest absolute Gasteiger partial charge is 0.367 e. The van der Waals surface area contributed by atoms with E-state index < -0.39 is 24.5 Å². The molecule has 1 fully saturated rings. The lowest BCUT2D eigenvalue weighted by molar-refractivity contribution is 0.150. The second-order valence-electron chi connectivity index (χ2n) is 5.72. The highest BCUT2D eigenvalue weighted by molar-refractivity contribution is 6.30. The molecule has 2 nitrogen and oxygen atoms in total. The fourth-order valence-electron chi connectivity index (χ4n) is 2.47. The highest BCUT2D eigenvalue weighted by Gasteiger charge is 2.16. The summed E-state index contributed by atoms with van der Waals surface area (Å²) in [7, 11) is 0. The van der Waals surface area contributed by atoms with Gasteiger partial charge in [0.15, 0.2) is 0 Å². The molecule has 0 unspecified atom stereocenters. The smallest absolute Gasteiger partial charge is 0.263 e. The van der Waals surface area contributed by atoms with Gasteiger partial charge in [0, 0.05) is 37.3 Å². The first kappa shape index (κ1) is 21.4. The normalized spacial score (nSPS) is 14.3. The standard InChI is InChI=1S/C11H13F3N2.C7H4ClF3/c12-9-7-8(11(13)14)1-2-10(9)16-5-3-15-4-6-16;8-5-2-1-4(7(10)11)3-6(5)9/h1-2,7,11,15H,3-6H2;1-3,7H. The van der Waals surface area contributed by atoms with Crippen molar-refractivity contribution in [2.75, 3.05) is 31.1 Å². The molecule has 0 saturated carbocycles. The van der Waals surface area contributed by atoms with E-state index in [0.717, 1.165) is 37.4 Å². The minimum Gasteiger partial charge on any atom is -0.367 e. The lowest BCUT2D eigenvalue weighted by atomic mass is 10.1. The van der Waals surface area contributed by atoms with Crippen molar-refractivity contribution in [3.8, 4) is 0 Å². The van der Waals surface area contributed by atoms with Gasteiger partial charge in [-0.1, -0.05) is 23.7 Å². The lowest BCUT2D eigenvalue weighted by Crippen LogP contribution is -2.43. The summed E-state index contributed by atoms with van der Waals surface area (Å²) in [6.07, 6.45) is -5.27. The average Bonchev–Trinajstić information content (AvgIpc) is 2.65. The summed E-state index contributed by atoms with van der Waals surface area (Å²) < 4.78 is 74.5. The van der Waals surface area contributed by atoms with Gasteiger partial charge in [-0.3, -0.25) is 0 Å². The summed E-state index contributed by atoms with van der Waals surface area (Å²) in [5, 5.41) is 3.01. The molecule has 0 amide bonds. The van der Waals surface area contributed by atoms with Gasteiger partial charge in [-0.25, -0.2) is 26.3 Å². The Balaban J connectivity index is 0.000000208. The summed E-state index contributed by atoms with van der Waals surface area (Å²) in [5.74, 6) is -1.39. The molecule has 1 saturated heterocycles. The maximum absolute atomic E-state index is 13.6. The van der Waals surface area contributed by atoms with Crippen molar-refractivity contribution in [3.63, 3.8) is 0 Å². The van der Waals surface area contributed by atoms with Crippen LogP contribution in [0.25, 0.3) is 0 Å². The molecule has 0 radical (unpaired) electrons. The van der Waals surface area contributed by atoms with Crippen molar-refractivity contribution in [1.29, 1.82) is 0 Å². The van der Waals surface area contributed by atoms with Crippen molar-refractivity contribution in [1.82, 2.24) is 5.32 Å². The third-order valence-electron chi connectivity index (χ3n) is 3.88. The Kier molecular flexibility index (Phi) is 7.79. The number of anilines is 1. The van der Waals surface area contributed by atoms with Crippen LogP contribution in [0.1, 0.15) is 24.0 Å². The van der Waals surface area contributed by atoms with Gasteiger partial charge in [0.05, 0.1) is 10.7 Å². The summed E-state index contributed by atoms with van der Waals surface area (Å²) in [5.41, 5.74) is -0.214.